The first kappa shape index (κ1) is 7.54. The van der Waals surface area contributed by atoms with Crippen molar-refractivity contribution in [2.45, 2.75) is 25.8 Å². The number of amides is 1. The molecule has 1 fully saturated rings. The van der Waals surface area contributed by atoms with Crippen LogP contribution in [0.2, 0.25) is 0 Å². The molecule has 1 heterocycles. The third kappa shape index (κ3) is 1.99. The molecule has 1 saturated heterocycles. The summed E-state index contributed by atoms with van der Waals surface area (Å²) in [4.78, 5) is 10.9. The van der Waals surface area contributed by atoms with Gasteiger partial charge in [0.2, 0.25) is 5.91 Å². The standard InChI is InChI=1S/C7H14N2O/c1-2-6-5-7(10)9-4-3-8-6/h6,8H,2-5H2,1H3,(H,9,10)/t6-/m0/s1. The number of carbonyl (C=O) groups excluding carboxylic acids is 1. The summed E-state index contributed by atoms with van der Waals surface area (Å²) in [5.74, 6) is 0.178. The van der Waals surface area contributed by atoms with E-state index in [-0.39, 0.29) is 5.91 Å². The Labute approximate surface area is 61.2 Å². The second kappa shape index (κ2) is 3.56. The van der Waals surface area contributed by atoms with Crippen molar-refractivity contribution in [2.24, 2.45) is 0 Å². The van der Waals surface area contributed by atoms with Crippen molar-refractivity contribution in [3.8, 4) is 0 Å². The van der Waals surface area contributed by atoms with E-state index in [0.717, 1.165) is 19.5 Å². The zero-order valence-corrected chi connectivity index (χ0v) is 6.31. The first-order chi connectivity index (χ1) is 4.83. The predicted octanol–water partition coefficient (Wildman–Crippen LogP) is -0.126. The topological polar surface area (TPSA) is 41.1 Å². The molecule has 0 aromatic heterocycles. The van der Waals surface area contributed by atoms with Crippen molar-refractivity contribution >= 4 is 5.91 Å². The Kier molecular flexibility index (Phi) is 2.68. The third-order valence-corrected chi connectivity index (χ3v) is 1.80. The minimum Gasteiger partial charge on any atom is -0.355 e. The fourth-order valence-corrected chi connectivity index (χ4v) is 1.14. The molecule has 1 aliphatic rings. The number of rotatable bonds is 1. The minimum atomic E-state index is 0.178. The Bertz CT molecular complexity index is 125. The van der Waals surface area contributed by atoms with Crippen molar-refractivity contribution in [3.05, 3.63) is 0 Å². The maximum atomic E-state index is 10.9. The molecule has 0 bridgehead atoms. The van der Waals surface area contributed by atoms with E-state index in [9.17, 15) is 4.79 Å². The zero-order chi connectivity index (χ0) is 7.40. The van der Waals surface area contributed by atoms with Crippen LogP contribution in [-0.2, 0) is 4.79 Å². The second-order valence-corrected chi connectivity index (χ2v) is 2.61. The number of nitrogens with one attached hydrogen (secondary N) is 2. The molecular formula is C7H14N2O. The van der Waals surface area contributed by atoms with Gasteiger partial charge in [-0.15, -0.1) is 0 Å². The Morgan fingerprint density at radius 3 is 3.10 bits per heavy atom. The maximum absolute atomic E-state index is 10.9. The molecular weight excluding hydrogens is 128 g/mol. The van der Waals surface area contributed by atoms with Gasteiger partial charge in [0.05, 0.1) is 0 Å². The summed E-state index contributed by atoms with van der Waals surface area (Å²) >= 11 is 0. The van der Waals surface area contributed by atoms with E-state index < -0.39 is 0 Å². The van der Waals surface area contributed by atoms with Gasteiger partial charge < -0.3 is 10.6 Å². The lowest BCUT2D eigenvalue weighted by Crippen LogP contribution is -2.29. The first-order valence-corrected chi connectivity index (χ1v) is 3.83. The average Bonchev–Trinajstić information content (AvgIpc) is 2.13. The van der Waals surface area contributed by atoms with Crippen LogP contribution in [0.4, 0.5) is 0 Å². The highest BCUT2D eigenvalue weighted by molar-refractivity contribution is 5.76. The Morgan fingerprint density at radius 1 is 1.60 bits per heavy atom. The van der Waals surface area contributed by atoms with Gasteiger partial charge in [-0.25, -0.2) is 0 Å². The van der Waals surface area contributed by atoms with Crippen molar-refractivity contribution in [1.29, 1.82) is 0 Å². The number of carbonyl (C=O) groups is 1. The van der Waals surface area contributed by atoms with Crippen molar-refractivity contribution < 1.29 is 4.79 Å². The van der Waals surface area contributed by atoms with Crippen LogP contribution in [0, 0.1) is 0 Å². The van der Waals surface area contributed by atoms with E-state index >= 15 is 0 Å². The lowest BCUT2D eigenvalue weighted by Gasteiger charge is -2.09. The summed E-state index contributed by atoms with van der Waals surface area (Å²) < 4.78 is 0. The van der Waals surface area contributed by atoms with Gasteiger partial charge in [0.15, 0.2) is 0 Å². The van der Waals surface area contributed by atoms with Crippen molar-refractivity contribution in [2.75, 3.05) is 13.1 Å². The van der Waals surface area contributed by atoms with Crippen molar-refractivity contribution in [1.82, 2.24) is 10.6 Å². The molecule has 0 radical (unpaired) electrons. The van der Waals surface area contributed by atoms with Gasteiger partial charge in [-0.3, -0.25) is 4.79 Å². The van der Waals surface area contributed by atoms with Gasteiger partial charge in [-0.1, -0.05) is 6.92 Å². The van der Waals surface area contributed by atoms with Gasteiger partial charge in [0, 0.05) is 25.6 Å². The number of hydrogen-bond donors (Lipinski definition) is 2. The van der Waals surface area contributed by atoms with Crippen LogP contribution in [-0.4, -0.2) is 25.0 Å². The lowest BCUT2D eigenvalue weighted by atomic mass is 10.1. The van der Waals surface area contributed by atoms with Crippen LogP contribution in [0.15, 0.2) is 0 Å². The van der Waals surface area contributed by atoms with E-state index in [1.54, 1.807) is 0 Å². The van der Waals surface area contributed by atoms with E-state index in [2.05, 4.69) is 17.6 Å². The summed E-state index contributed by atoms with van der Waals surface area (Å²) in [5, 5.41) is 6.09. The Hall–Kier alpha value is -0.570. The van der Waals surface area contributed by atoms with Gasteiger partial charge >= 0.3 is 0 Å². The summed E-state index contributed by atoms with van der Waals surface area (Å²) in [6, 6.07) is 0.391. The molecule has 0 saturated carbocycles. The summed E-state index contributed by atoms with van der Waals surface area (Å²) in [7, 11) is 0. The van der Waals surface area contributed by atoms with Crippen LogP contribution in [0.1, 0.15) is 19.8 Å². The van der Waals surface area contributed by atoms with Crippen molar-refractivity contribution in [3.63, 3.8) is 0 Å². The van der Waals surface area contributed by atoms with Crippen LogP contribution in [0.25, 0.3) is 0 Å². The van der Waals surface area contributed by atoms with Gasteiger partial charge in [0.1, 0.15) is 0 Å². The Balaban J connectivity index is 2.38. The third-order valence-electron chi connectivity index (χ3n) is 1.80. The highest BCUT2D eigenvalue weighted by Crippen LogP contribution is 1.98. The SMILES string of the molecule is CC[C@H]1CC(=O)NCCN1. The highest BCUT2D eigenvalue weighted by atomic mass is 16.1. The fourth-order valence-electron chi connectivity index (χ4n) is 1.14. The molecule has 3 nitrogen and oxygen atoms in total. The van der Waals surface area contributed by atoms with Crippen LogP contribution in [0.3, 0.4) is 0 Å². The summed E-state index contributed by atoms with van der Waals surface area (Å²) in [5.41, 5.74) is 0. The molecule has 1 rings (SSSR count). The van der Waals surface area contributed by atoms with E-state index in [0.29, 0.717) is 12.5 Å². The monoisotopic (exact) mass is 142 g/mol. The summed E-state index contributed by atoms with van der Waals surface area (Å²) in [6.07, 6.45) is 1.67. The van der Waals surface area contributed by atoms with E-state index in [1.807, 2.05) is 0 Å². The molecule has 1 amide bonds. The molecule has 58 valence electrons. The fraction of sp³-hybridized carbons (Fsp3) is 0.857. The molecule has 1 aliphatic heterocycles. The average molecular weight is 142 g/mol. The first-order valence-electron chi connectivity index (χ1n) is 3.83. The summed E-state index contributed by atoms with van der Waals surface area (Å²) in [6.45, 7) is 3.77. The molecule has 2 N–H and O–H groups in total. The largest absolute Gasteiger partial charge is 0.355 e. The second-order valence-electron chi connectivity index (χ2n) is 2.61. The van der Waals surface area contributed by atoms with E-state index in [1.165, 1.54) is 0 Å². The molecule has 0 aromatic rings. The zero-order valence-electron chi connectivity index (χ0n) is 6.31. The van der Waals surface area contributed by atoms with Gasteiger partial charge in [-0.2, -0.15) is 0 Å². The predicted molar refractivity (Wildman–Crippen MR) is 39.7 cm³/mol. The van der Waals surface area contributed by atoms with Gasteiger partial charge in [0.25, 0.3) is 0 Å². The smallest absolute Gasteiger partial charge is 0.221 e. The molecule has 3 heteroatoms. The molecule has 1 atom stereocenters. The quantitative estimate of drug-likeness (QED) is 0.535. The van der Waals surface area contributed by atoms with Crippen LogP contribution in [0.5, 0.6) is 0 Å². The normalized spacial score (nSPS) is 27.3. The molecule has 0 unspecified atom stereocenters. The molecule has 0 spiro atoms. The lowest BCUT2D eigenvalue weighted by molar-refractivity contribution is -0.121. The molecule has 0 aromatic carbocycles. The molecule has 10 heavy (non-hydrogen) atoms. The van der Waals surface area contributed by atoms with E-state index in [4.69, 9.17) is 0 Å². The number of hydrogen-bond acceptors (Lipinski definition) is 2. The highest BCUT2D eigenvalue weighted by Gasteiger charge is 2.13. The Morgan fingerprint density at radius 2 is 2.40 bits per heavy atom. The molecule has 0 aliphatic carbocycles. The van der Waals surface area contributed by atoms with Crippen LogP contribution < -0.4 is 10.6 Å². The minimum absolute atomic E-state index is 0.178. The maximum Gasteiger partial charge on any atom is 0.221 e. The van der Waals surface area contributed by atoms with Crippen LogP contribution >= 0.6 is 0 Å². The van der Waals surface area contributed by atoms with Gasteiger partial charge in [-0.05, 0) is 6.42 Å².